The highest BCUT2D eigenvalue weighted by Gasteiger charge is 2.04. The van der Waals surface area contributed by atoms with Gasteiger partial charge in [-0.25, -0.2) is 4.68 Å². The Morgan fingerprint density at radius 3 is 2.64 bits per heavy atom. The molecule has 3 rings (SSSR count). The van der Waals surface area contributed by atoms with E-state index in [1.165, 1.54) is 11.1 Å². The Balaban J connectivity index is 1.62. The van der Waals surface area contributed by atoms with Gasteiger partial charge in [0.1, 0.15) is 5.75 Å². The Bertz CT molecular complexity index is 750. The number of phenolic OH excluding ortho intramolecular Hbond substituents is 1. The van der Waals surface area contributed by atoms with Crippen LogP contribution < -0.4 is 0 Å². The first-order chi connectivity index (χ1) is 10.7. The fraction of sp³-hybridized carbons (Fsp3) is 0.222. The number of nitrogens with zero attached hydrogens (tertiary/aromatic N) is 3. The summed E-state index contributed by atoms with van der Waals surface area (Å²) in [6.45, 7) is 2.76. The highest BCUT2D eigenvalue weighted by atomic mass is 16.3. The van der Waals surface area contributed by atoms with Gasteiger partial charge in [-0.1, -0.05) is 41.6 Å². The molecule has 0 saturated heterocycles. The van der Waals surface area contributed by atoms with Crippen LogP contribution in [0.15, 0.2) is 54.7 Å². The Hall–Kier alpha value is -2.62. The van der Waals surface area contributed by atoms with Gasteiger partial charge in [0.15, 0.2) is 0 Å². The van der Waals surface area contributed by atoms with Crippen molar-refractivity contribution in [3.05, 3.63) is 77.1 Å². The minimum absolute atomic E-state index is 0.315. The molecule has 0 aliphatic carbocycles. The third-order valence-corrected chi connectivity index (χ3v) is 3.75. The number of aromatic nitrogens is 3. The first-order valence-electron chi connectivity index (χ1n) is 7.42. The third kappa shape index (κ3) is 3.52. The highest BCUT2D eigenvalue weighted by Crippen LogP contribution is 2.17. The van der Waals surface area contributed by atoms with E-state index in [9.17, 15) is 5.11 Å². The number of rotatable bonds is 5. The fourth-order valence-electron chi connectivity index (χ4n) is 2.52. The number of benzene rings is 2. The second kappa shape index (κ2) is 6.43. The number of hydrogen-bond acceptors (Lipinski definition) is 3. The van der Waals surface area contributed by atoms with Gasteiger partial charge in [0, 0.05) is 6.20 Å². The van der Waals surface area contributed by atoms with Crippen molar-refractivity contribution in [1.29, 1.82) is 0 Å². The fourth-order valence-corrected chi connectivity index (χ4v) is 2.52. The van der Waals surface area contributed by atoms with Gasteiger partial charge in [-0.3, -0.25) is 0 Å². The number of aryl methyl sites for hydroxylation is 3. The summed E-state index contributed by atoms with van der Waals surface area (Å²) in [5.74, 6) is 0.315. The summed E-state index contributed by atoms with van der Waals surface area (Å²) in [6, 6.07) is 15.7. The van der Waals surface area contributed by atoms with Crippen LogP contribution in [0.25, 0.3) is 0 Å². The van der Waals surface area contributed by atoms with E-state index in [-0.39, 0.29) is 0 Å². The summed E-state index contributed by atoms with van der Waals surface area (Å²) < 4.78 is 1.87. The Morgan fingerprint density at radius 2 is 1.86 bits per heavy atom. The monoisotopic (exact) mass is 293 g/mol. The second-order valence-corrected chi connectivity index (χ2v) is 5.50. The third-order valence-electron chi connectivity index (χ3n) is 3.75. The molecule has 1 heterocycles. The smallest absolute Gasteiger partial charge is 0.115 e. The molecule has 0 aliphatic rings. The van der Waals surface area contributed by atoms with Crippen molar-refractivity contribution in [1.82, 2.24) is 15.0 Å². The summed E-state index contributed by atoms with van der Waals surface area (Å²) in [5.41, 5.74) is 4.55. The van der Waals surface area contributed by atoms with Crippen LogP contribution in [0.3, 0.4) is 0 Å². The van der Waals surface area contributed by atoms with Crippen molar-refractivity contribution in [2.75, 3.05) is 0 Å². The topological polar surface area (TPSA) is 50.9 Å². The van der Waals surface area contributed by atoms with Gasteiger partial charge < -0.3 is 5.11 Å². The van der Waals surface area contributed by atoms with Crippen molar-refractivity contribution in [3.63, 3.8) is 0 Å². The maximum atomic E-state index is 9.44. The SMILES string of the molecule is Cc1cc(O)ccc1CCc1cn(Cc2ccccc2)nn1. The molecule has 22 heavy (non-hydrogen) atoms. The van der Waals surface area contributed by atoms with Crippen LogP contribution in [0.1, 0.15) is 22.4 Å². The molecule has 2 aromatic carbocycles. The molecule has 1 N–H and O–H groups in total. The van der Waals surface area contributed by atoms with E-state index in [2.05, 4.69) is 22.4 Å². The Kier molecular flexibility index (Phi) is 4.19. The normalized spacial score (nSPS) is 10.8. The zero-order chi connectivity index (χ0) is 15.4. The first kappa shape index (κ1) is 14.3. The highest BCUT2D eigenvalue weighted by molar-refractivity contribution is 5.34. The van der Waals surface area contributed by atoms with Crippen LogP contribution >= 0.6 is 0 Å². The molecule has 0 fully saturated rings. The molecular formula is C18H19N3O. The van der Waals surface area contributed by atoms with Gasteiger partial charge in [-0.2, -0.15) is 0 Å². The average molecular weight is 293 g/mol. The summed E-state index contributed by atoms with van der Waals surface area (Å²) in [4.78, 5) is 0. The van der Waals surface area contributed by atoms with E-state index in [1.54, 1.807) is 12.1 Å². The predicted octanol–water partition coefficient (Wildman–Crippen LogP) is 3.13. The van der Waals surface area contributed by atoms with Gasteiger partial charge >= 0.3 is 0 Å². The molecule has 0 atom stereocenters. The molecule has 0 unspecified atom stereocenters. The van der Waals surface area contributed by atoms with Crippen LogP contribution in [0, 0.1) is 6.92 Å². The van der Waals surface area contributed by atoms with E-state index in [0.717, 1.165) is 30.6 Å². The molecule has 4 nitrogen and oxygen atoms in total. The van der Waals surface area contributed by atoms with Crippen molar-refractivity contribution in [2.24, 2.45) is 0 Å². The predicted molar refractivity (Wildman–Crippen MR) is 85.8 cm³/mol. The van der Waals surface area contributed by atoms with E-state index in [0.29, 0.717) is 5.75 Å². The lowest BCUT2D eigenvalue weighted by Gasteiger charge is -2.04. The zero-order valence-electron chi connectivity index (χ0n) is 12.6. The standard InChI is InChI=1S/C18H19N3O/c1-14-11-18(22)10-8-16(14)7-9-17-13-21(20-19-17)12-15-5-3-2-4-6-15/h2-6,8,10-11,13,22H,7,9,12H2,1H3. The molecule has 0 amide bonds. The second-order valence-electron chi connectivity index (χ2n) is 5.50. The molecule has 3 aromatic rings. The summed E-state index contributed by atoms with van der Waals surface area (Å²) in [5, 5.41) is 17.9. The largest absolute Gasteiger partial charge is 0.508 e. The van der Waals surface area contributed by atoms with Gasteiger partial charge in [-0.05, 0) is 48.6 Å². The quantitative estimate of drug-likeness (QED) is 0.786. The molecule has 112 valence electrons. The van der Waals surface area contributed by atoms with Crippen molar-refractivity contribution in [2.45, 2.75) is 26.3 Å². The van der Waals surface area contributed by atoms with Crippen LogP contribution in [-0.2, 0) is 19.4 Å². The molecule has 0 aliphatic heterocycles. The van der Waals surface area contributed by atoms with Crippen molar-refractivity contribution in [3.8, 4) is 5.75 Å². The van der Waals surface area contributed by atoms with Crippen molar-refractivity contribution >= 4 is 0 Å². The van der Waals surface area contributed by atoms with Gasteiger partial charge in [0.25, 0.3) is 0 Å². The molecular weight excluding hydrogens is 274 g/mol. The summed E-state index contributed by atoms with van der Waals surface area (Å²) in [6.07, 6.45) is 3.75. The lowest BCUT2D eigenvalue weighted by Crippen LogP contribution is -1.99. The van der Waals surface area contributed by atoms with E-state index in [1.807, 2.05) is 42.1 Å². The summed E-state index contributed by atoms with van der Waals surface area (Å²) in [7, 11) is 0. The number of hydrogen-bond donors (Lipinski definition) is 1. The molecule has 0 spiro atoms. The van der Waals surface area contributed by atoms with Crippen LogP contribution in [0.2, 0.25) is 0 Å². The van der Waals surface area contributed by atoms with Gasteiger partial charge in [0.2, 0.25) is 0 Å². The van der Waals surface area contributed by atoms with Gasteiger partial charge in [-0.15, -0.1) is 5.10 Å². The van der Waals surface area contributed by atoms with E-state index >= 15 is 0 Å². The van der Waals surface area contributed by atoms with Crippen molar-refractivity contribution < 1.29 is 5.11 Å². The molecule has 0 saturated carbocycles. The zero-order valence-corrected chi connectivity index (χ0v) is 12.6. The Labute approximate surface area is 130 Å². The molecule has 0 bridgehead atoms. The minimum Gasteiger partial charge on any atom is -0.508 e. The lowest BCUT2D eigenvalue weighted by atomic mass is 10.0. The van der Waals surface area contributed by atoms with Crippen LogP contribution in [0.5, 0.6) is 5.75 Å². The maximum Gasteiger partial charge on any atom is 0.115 e. The van der Waals surface area contributed by atoms with E-state index < -0.39 is 0 Å². The number of aromatic hydroxyl groups is 1. The van der Waals surface area contributed by atoms with Gasteiger partial charge in [0.05, 0.1) is 12.2 Å². The Morgan fingerprint density at radius 1 is 1.05 bits per heavy atom. The minimum atomic E-state index is 0.315. The van der Waals surface area contributed by atoms with E-state index in [4.69, 9.17) is 0 Å². The van der Waals surface area contributed by atoms with Crippen LogP contribution in [-0.4, -0.2) is 20.1 Å². The van der Waals surface area contributed by atoms with Crippen LogP contribution in [0.4, 0.5) is 0 Å². The first-order valence-corrected chi connectivity index (χ1v) is 7.42. The molecule has 1 aromatic heterocycles. The molecule has 0 radical (unpaired) electrons. The molecule has 4 heteroatoms. The summed E-state index contributed by atoms with van der Waals surface area (Å²) >= 11 is 0. The number of phenols is 1. The maximum absolute atomic E-state index is 9.44. The lowest BCUT2D eigenvalue weighted by molar-refractivity contribution is 0.474. The average Bonchev–Trinajstić information content (AvgIpc) is 2.95.